The lowest BCUT2D eigenvalue weighted by molar-refractivity contribution is 0.0367. The number of hydrogen-bond donors (Lipinski definition) is 0. The Morgan fingerprint density at radius 3 is 2.05 bits per heavy atom. The number of Topliss-reactive ketones (excluding diaryl/α,β-unsaturated/α-hetero) is 1. The summed E-state index contributed by atoms with van der Waals surface area (Å²) in [5.74, 6) is -0.193. The summed E-state index contributed by atoms with van der Waals surface area (Å²) in [6.07, 6.45) is 0.489. The van der Waals surface area contributed by atoms with Gasteiger partial charge in [0.1, 0.15) is 0 Å². The second-order valence-electron chi connectivity index (χ2n) is 6.69. The zero-order valence-electron chi connectivity index (χ0n) is 13.6. The fraction of sp³-hybridized carbons (Fsp3) is 0.368. The summed E-state index contributed by atoms with van der Waals surface area (Å²) in [6, 6.07) is 11.0. The molecule has 0 aliphatic rings. The number of benzene rings is 2. The van der Waals surface area contributed by atoms with E-state index in [1.54, 1.807) is 18.2 Å². The number of ether oxygens (including phenoxy) is 1. The maximum absolute atomic E-state index is 12.1. The van der Waals surface area contributed by atoms with Crippen LogP contribution in [0.25, 0.3) is 10.8 Å². The van der Waals surface area contributed by atoms with Crippen LogP contribution in [0, 0.1) is 5.41 Å². The highest BCUT2D eigenvalue weighted by Crippen LogP contribution is 2.20. The van der Waals surface area contributed by atoms with Crippen molar-refractivity contribution in [2.24, 2.45) is 5.41 Å². The minimum absolute atomic E-state index is 0.0536. The summed E-state index contributed by atoms with van der Waals surface area (Å²) in [7, 11) is 0. The molecule has 2 aromatic rings. The summed E-state index contributed by atoms with van der Waals surface area (Å²) in [6.45, 7) is 8.29. The predicted octanol–water partition coefficient (Wildman–Crippen LogP) is 4.64. The molecule has 3 heteroatoms. The van der Waals surface area contributed by atoms with Crippen molar-refractivity contribution in [3.8, 4) is 0 Å². The van der Waals surface area contributed by atoms with Crippen molar-refractivity contribution in [3.63, 3.8) is 0 Å². The third kappa shape index (κ3) is 3.94. The van der Waals surface area contributed by atoms with Gasteiger partial charge in [0.25, 0.3) is 0 Å². The molecule has 0 spiro atoms. The first-order chi connectivity index (χ1) is 10.3. The van der Waals surface area contributed by atoms with Gasteiger partial charge in [-0.1, -0.05) is 45.9 Å². The zero-order valence-corrected chi connectivity index (χ0v) is 13.6. The fourth-order valence-electron chi connectivity index (χ4n) is 2.12. The van der Waals surface area contributed by atoms with E-state index in [4.69, 9.17) is 4.74 Å². The van der Waals surface area contributed by atoms with Gasteiger partial charge in [-0.25, -0.2) is 4.79 Å². The molecule has 3 nitrogen and oxygen atoms in total. The molecule has 116 valence electrons. The summed E-state index contributed by atoms with van der Waals surface area (Å²) in [5, 5.41) is 1.88. The zero-order chi connectivity index (χ0) is 16.3. The maximum atomic E-state index is 12.1. The molecule has 0 radical (unpaired) electrons. The number of carbonyl (C=O) groups excluding carboxylic acids is 2. The van der Waals surface area contributed by atoms with Gasteiger partial charge in [-0.05, 0) is 34.4 Å². The molecule has 0 fully saturated rings. The fourth-order valence-corrected chi connectivity index (χ4v) is 2.12. The second-order valence-corrected chi connectivity index (χ2v) is 6.69. The molecule has 0 heterocycles. The van der Waals surface area contributed by atoms with E-state index < -0.39 is 0 Å². The minimum atomic E-state index is -0.314. The van der Waals surface area contributed by atoms with E-state index in [0.717, 1.165) is 10.8 Å². The summed E-state index contributed by atoms with van der Waals surface area (Å²) in [5.41, 5.74) is 1.19. The standard InChI is InChI=1S/C19H22O3/c1-5-17(20)15-8-6-14-11-16(9-7-13(14)10-15)18(21)22-12-19(2,3)4/h6-11H,5,12H2,1-4H3. The van der Waals surface area contributed by atoms with Crippen LogP contribution in [0.5, 0.6) is 0 Å². The number of esters is 1. The van der Waals surface area contributed by atoms with Gasteiger partial charge in [-0.15, -0.1) is 0 Å². The van der Waals surface area contributed by atoms with Crippen LogP contribution < -0.4 is 0 Å². The first kappa shape index (κ1) is 16.2. The lowest BCUT2D eigenvalue weighted by Gasteiger charge is -2.17. The second kappa shape index (κ2) is 6.30. The van der Waals surface area contributed by atoms with Gasteiger partial charge in [0.2, 0.25) is 0 Å². The summed E-state index contributed by atoms with van der Waals surface area (Å²) >= 11 is 0. The summed E-state index contributed by atoms with van der Waals surface area (Å²) in [4.78, 5) is 23.8. The van der Waals surface area contributed by atoms with Gasteiger partial charge in [-0.2, -0.15) is 0 Å². The van der Waals surface area contributed by atoms with Crippen molar-refractivity contribution in [2.45, 2.75) is 34.1 Å². The van der Waals surface area contributed by atoms with Crippen molar-refractivity contribution in [3.05, 3.63) is 47.5 Å². The molecule has 0 amide bonds. The molecule has 0 saturated carbocycles. The van der Waals surface area contributed by atoms with E-state index >= 15 is 0 Å². The first-order valence-corrected chi connectivity index (χ1v) is 7.54. The topological polar surface area (TPSA) is 43.4 Å². The monoisotopic (exact) mass is 298 g/mol. The Hall–Kier alpha value is -2.16. The lowest BCUT2D eigenvalue weighted by Crippen LogP contribution is -2.18. The predicted molar refractivity (Wildman–Crippen MR) is 88.3 cm³/mol. The highest BCUT2D eigenvalue weighted by atomic mass is 16.5. The van der Waals surface area contributed by atoms with Crippen molar-refractivity contribution in [1.29, 1.82) is 0 Å². The van der Waals surface area contributed by atoms with Gasteiger partial charge in [-0.3, -0.25) is 4.79 Å². The van der Waals surface area contributed by atoms with Gasteiger partial charge >= 0.3 is 5.97 Å². The molecular formula is C19H22O3. The average Bonchev–Trinajstić information content (AvgIpc) is 2.50. The van der Waals surface area contributed by atoms with Crippen LogP contribution in [0.4, 0.5) is 0 Å². The summed E-state index contributed by atoms with van der Waals surface area (Å²) < 4.78 is 5.33. The van der Waals surface area contributed by atoms with Gasteiger partial charge in [0.05, 0.1) is 12.2 Å². The van der Waals surface area contributed by atoms with Crippen molar-refractivity contribution >= 4 is 22.5 Å². The molecule has 0 unspecified atom stereocenters. The molecular weight excluding hydrogens is 276 g/mol. The van der Waals surface area contributed by atoms with Crippen molar-refractivity contribution in [2.75, 3.05) is 6.61 Å². The molecule has 0 aromatic heterocycles. The Kier molecular flexibility index (Phi) is 4.65. The van der Waals surface area contributed by atoms with Crippen LogP contribution in [0.3, 0.4) is 0 Å². The molecule has 0 atom stereocenters. The number of carbonyl (C=O) groups is 2. The highest BCUT2D eigenvalue weighted by molar-refractivity contribution is 6.01. The first-order valence-electron chi connectivity index (χ1n) is 7.54. The number of ketones is 1. The van der Waals surface area contributed by atoms with E-state index in [1.807, 2.05) is 45.9 Å². The van der Waals surface area contributed by atoms with Crippen LogP contribution in [0.15, 0.2) is 36.4 Å². The normalized spacial score (nSPS) is 11.5. The van der Waals surface area contributed by atoms with E-state index in [9.17, 15) is 9.59 Å². The molecule has 2 rings (SSSR count). The van der Waals surface area contributed by atoms with E-state index in [2.05, 4.69) is 0 Å². The van der Waals surface area contributed by atoms with Crippen LogP contribution in [-0.4, -0.2) is 18.4 Å². The Balaban J connectivity index is 2.24. The lowest BCUT2D eigenvalue weighted by atomic mass is 9.98. The largest absolute Gasteiger partial charge is 0.462 e. The molecule has 2 aromatic carbocycles. The molecule has 0 N–H and O–H groups in total. The van der Waals surface area contributed by atoms with E-state index in [0.29, 0.717) is 24.2 Å². The molecule has 0 saturated heterocycles. The quantitative estimate of drug-likeness (QED) is 0.610. The van der Waals surface area contributed by atoms with Gasteiger partial charge in [0, 0.05) is 12.0 Å². The van der Waals surface area contributed by atoms with Crippen LogP contribution in [0.1, 0.15) is 54.8 Å². The number of hydrogen-bond acceptors (Lipinski definition) is 3. The average molecular weight is 298 g/mol. The van der Waals surface area contributed by atoms with Gasteiger partial charge in [0.15, 0.2) is 5.78 Å². The van der Waals surface area contributed by atoms with Gasteiger partial charge < -0.3 is 4.74 Å². The van der Waals surface area contributed by atoms with E-state index in [-0.39, 0.29) is 17.2 Å². The Labute approximate surface area is 131 Å². The Bertz CT molecular complexity index is 708. The smallest absolute Gasteiger partial charge is 0.338 e. The number of fused-ring (bicyclic) bond motifs is 1. The highest BCUT2D eigenvalue weighted by Gasteiger charge is 2.15. The minimum Gasteiger partial charge on any atom is -0.462 e. The van der Waals surface area contributed by atoms with Crippen molar-refractivity contribution in [1.82, 2.24) is 0 Å². The molecule has 22 heavy (non-hydrogen) atoms. The maximum Gasteiger partial charge on any atom is 0.338 e. The molecule has 0 bridgehead atoms. The third-order valence-corrected chi connectivity index (χ3v) is 3.36. The third-order valence-electron chi connectivity index (χ3n) is 3.36. The van der Waals surface area contributed by atoms with Crippen LogP contribution >= 0.6 is 0 Å². The molecule has 0 aliphatic heterocycles. The van der Waals surface area contributed by atoms with Crippen LogP contribution in [-0.2, 0) is 4.74 Å². The molecule has 0 aliphatic carbocycles. The van der Waals surface area contributed by atoms with E-state index in [1.165, 1.54) is 0 Å². The van der Waals surface area contributed by atoms with Crippen molar-refractivity contribution < 1.29 is 14.3 Å². The van der Waals surface area contributed by atoms with Crippen LogP contribution in [0.2, 0.25) is 0 Å². The Morgan fingerprint density at radius 1 is 0.955 bits per heavy atom. The number of rotatable bonds is 4. The SMILES string of the molecule is CCC(=O)c1ccc2cc(C(=O)OCC(C)(C)C)ccc2c1. The Morgan fingerprint density at radius 2 is 1.50 bits per heavy atom.